The SMILES string of the molecule is COc1cc(/C=C/C(=O)OCc2nnc(-c3ccco3)o2)cc(Cl)c1OC(C)C. The Morgan fingerprint density at radius 1 is 1.31 bits per heavy atom. The lowest BCUT2D eigenvalue weighted by Crippen LogP contribution is -2.07. The van der Waals surface area contributed by atoms with Gasteiger partial charge in [0, 0.05) is 6.08 Å². The highest BCUT2D eigenvalue weighted by Crippen LogP contribution is 2.37. The van der Waals surface area contributed by atoms with Crippen LogP contribution in [0.1, 0.15) is 25.3 Å². The van der Waals surface area contributed by atoms with Crippen LogP contribution in [0.2, 0.25) is 5.02 Å². The summed E-state index contributed by atoms with van der Waals surface area (Å²) in [5, 5.41) is 8.01. The van der Waals surface area contributed by atoms with Crippen molar-refractivity contribution in [3.8, 4) is 23.1 Å². The first kappa shape index (κ1) is 20.5. The van der Waals surface area contributed by atoms with Crippen LogP contribution in [0.4, 0.5) is 0 Å². The second kappa shape index (κ2) is 9.29. The minimum Gasteiger partial charge on any atom is -0.493 e. The van der Waals surface area contributed by atoms with Gasteiger partial charge in [-0.3, -0.25) is 0 Å². The van der Waals surface area contributed by atoms with Gasteiger partial charge in [-0.05, 0) is 49.8 Å². The van der Waals surface area contributed by atoms with Crippen molar-refractivity contribution in [3.05, 3.63) is 53.1 Å². The smallest absolute Gasteiger partial charge is 0.331 e. The van der Waals surface area contributed by atoms with Crippen LogP contribution in [0.15, 0.2) is 45.4 Å². The van der Waals surface area contributed by atoms with Crippen LogP contribution in [0.3, 0.4) is 0 Å². The normalized spacial score (nSPS) is 11.2. The van der Waals surface area contributed by atoms with Crippen molar-refractivity contribution in [1.82, 2.24) is 10.2 Å². The number of halogens is 1. The quantitative estimate of drug-likeness (QED) is 0.388. The Hall–Kier alpha value is -3.26. The van der Waals surface area contributed by atoms with Crippen molar-refractivity contribution in [3.63, 3.8) is 0 Å². The van der Waals surface area contributed by atoms with E-state index in [0.717, 1.165) is 0 Å². The van der Waals surface area contributed by atoms with Gasteiger partial charge in [-0.15, -0.1) is 10.2 Å². The molecular weight excluding hydrogens is 400 g/mol. The molecular formula is C20H19ClN2O6. The Morgan fingerprint density at radius 2 is 2.14 bits per heavy atom. The maximum atomic E-state index is 12.0. The minimum absolute atomic E-state index is 0.0595. The molecule has 0 bridgehead atoms. The zero-order valence-electron chi connectivity index (χ0n) is 16.0. The Balaban J connectivity index is 1.61. The predicted molar refractivity (Wildman–Crippen MR) is 105 cm³/mol. The van der Waals surface area contributed by atoms with E-state index in [1.165, 1.54) is 19.4 Å². The van der Waals surface area contributed by atoms with Crippen LogP contribution in [-0.2, 0) is 16.1 Å². The molecule has 2 heterocycles. The molecule has 152 valence electrons. The summed E-state index contributed by atoms with van der Waals surface area (Å²) in [5.74, 6) is 1.13. The zero-order valence-corrected chi connectivity index (χ0v) is 16.8. The number of carbonyl (C=O) groups is 1. The van der Waals surface area contributed by atoms with Crippen LogP contribution >= 0.6 is 11.6 Å². The Bertz CT molecular complexity index is 995. The van der Waals surface area contributed by atoms with E-state index in [4.69, 9.17) is 34.6 Å². The number of methoxy groups -OCH3 is 1. The summed E-state index contributed by atoms with van der Waals surface area (Å²) in [7, 11) is 1.52. The Labute approximate surface area is 172 Å². The molecule has 0 amide bonds. The van der Waals surface area contributed by atoms with E-state index in [0.29, 0.717) is 27.8 Å². The van der Waals surface area contributed by atoms with Crippen molar-refractivity contribution in [1.29, 1.82) is 0 Å². The van der Waals surface area contributed by atoms with Gasteiger partial charge in [-0.25, -0.2) is 4.79 Å². The summed E-state index contributed by atoms with van der Waals surface area (Å²) in [4.78, 5) is 12.0. The third-order valence-electron chi connectivity index (χ3n) is 3.55. The average molecular weight is 419 g/mol. The van der Waals surface area contributed by atoms with Gasteiger partial charge in [0.25, 0.3) is 11.8 Å². The van der Waals surface area contributed by atoms with Gasteiger partial charge in [0.1, 0.15) is 0 Å². The first-order valence-corrected chi connectivity index (χ1v) is 9.09. The number of hydrogen-bond donors (Lipinski definition) is 0. The molecule has 0 radical (unpaired) electrons. The van der Waals surface area contributed by atoms with Crippen LogP contribution in [0.5, 0.6) is 11.5 Å². The fraction of sp³-hybridized carbons (Fsp3) is 0.250. The molecule has 1 aromatic carbocycles. The van der Waals surface area contributed by atoms with Crippen molar-refractivity contribution in [2.24, 2.45) is 0 Å². The fourth-order valence-corrected chi connectivity index (χ4v) is 2.61. The molecule has 0 spiro atoms. The van der Waals surface area contributed by atoms with Gasteiger partial charge < -0.3 is 23.0 Å². The summed E-state index contributed by atoms with van der Waals surface area (Å²) < 4.78 is 26.6. The number of carbonyl (C=O) groups excluding carboxylic acids is 1. The molecule has 2 aromatic heterocycles. The van der Waals surface area contributed by atoms with E-state index < -0.39 is 5.97 Å². The predicted octanol–water partition coefficient (Wildman–Crippen LogP) is 4.54. The average Bonchev–Trinajstić information content (AvgIpc) is 3.37. The van der Waals surface area contributed by atoms with Crippen molar-refractivity contribution >= 4 is 23.6 Å². The Morgan fingerprint density at radius 3 is 2.83 bits per heavy atom. The molecule has 3 rings (SSSR count). The monoisotopic (exact) mass is 418 g/mol. The van der Waals surface area contributed by atoms with Gasteiger partial charge in [0.2, 0.25) is 0 Å². The highest BCUT2D eigenvalue weighted by molar-refractivity contribution is 6.32. The van der Waals surface area contributed by atoms with Crippen molar-refractivity contribution in [2.45, 2.75) is 26.6 Å². The number of aromatic nitrogens is 2. The van der Waals surface area contributed by atoms with Gasteiger partial charge in [-0.1, -0.05) is 11.6 Å². The molecule has 8 nitrogen and oxygen atoms in total. The molecule has 0 aliphatic carbocycles. The highest BCUT2D eigenvalue weighted by atomic mass is 35.5. The van der Waals surface area contributed by atoms with Crippen LogP contribution < -0.4 is 9.47 Å². The summed E-state index contributed by atoms with van der Waals surface area (Å²) in [6.07, 6.45) is 4.25. The topological polar surface area (TPSA) is 96.8 Å². The molecule has 0 unspecified atom stereocenters. The molecule has 9 heteroatoms. The number of hydrogen-bond acceptors (Lipinski definition) is 8. The number of furan rings is 1. The van der Waals surface area contributed by atoms with Crippen LogP contribution in [-0.4, -0.2) is 29.4 Å². The van der Waals surface area contributed by atoms with Gasteiger partial charge in [0.05, 0.1) is 24.5 Å². The maximum absolute atomic E-state index is 12.0. The van der Waals surface area contributed by atoms with Crippen LogP contribution in [0, 0.1) is 0 Å². The lowest BCUT2D eigenvalue weighted by atomic mass is 10.2. The number of esters is 1. The summed E-state index contributed by atoms with van der Waals surface area (Å²) >= 11 is 6.27. The molecule has 0 N–H and O–H groups in total. The second-order valence-corrected chi connectivity index (χ2v) is 6.53. The third kappa shape index (κ3) is 5.39. The van der Waals surface area contributed by atoms with E-state index in [9.17, 15) is 4.79 Å². The number of nitrogens with zero attached hydrogens (tertiary/aromatic N) is 2. The van der Waals surface area contributed by atoms with E-state index in [1.54, 1.807) is 30.3 Å². The number of benzene rings is 1. The standard InChI is InChI=1S/C20H19ClN2O6/c1-12(2)28-19-14(21)9-13(10-16(19)25-3)6-7-18(24)27-11-17-22-23-20(29-17)15-5-4-8-26-15/h4-10,12H,11H2,1-3H3/b7-6+. The van der Waals surface area contributed by atoms with Crippen molar-refractivity contribution in [2.75, 3.05) is 7.11 Å². The highest BCUT2D eigenvalue weighted by Gasteiger charge is 2.14. The number of ether oxygens (including phenoxy) is 3. The maximum Gasteiger partial charge on any atom is 0.331 e. The first-order valence-electron chi connectivity index (χ1n) is 8.71. The Kier molecular flexibility index (Phi) is 6.56. The van der Waals surface area contributed by atoms with E-state index in [2.05, 4.69) is 10.2 Å². The first-order chi connectivity index (χ1) is 14.0. The molecule has 0 saturated carbocycles. The second-order valence-electron chi connectivity index (χ2n) is 6.12. The molecule has 3 aromatic rings. The number of rotatable bonds is 8. The minimum atomic E-state index is -0.583. The third-order valence-corrected chi connectivity index (χ3v) is 3.83. The van der Waals surface area contributed by atoms with Gasteiger partial charge >= 0.3 is 5.97 Å². The van der Waals surface area contributed by atoms with Gasteiger partial charge in [-0.2, -0.15) is 0 Å². The summed E-state index contributed by atoms with van der Waals surface area (Å²) in [5.41, 5.74) is 0.651. The van der Waals surface area contributed by atoms with Gasteiger partial charge in [0.15, 0.2) is 23.9 Å². The van der Waals surface area contributed by atoms with E-state index in [-0.39, 0.29) is 24.5 Å². The molecule has 0 aliphatic heterocycles. The largest absolute Gasteiger partial charge is 0.493 e. The van der Waals surface area contributed by atoms with Crippen molar-refractivity contribution < 1.29 is 27.8 Å². The van der Waals surface area contributed by atoms with E-state index in [1.807, 2.05) is 13.8 Å². The summed E-state index contributed by atoms with van der Waals surface area (Å²) in [6.45, 7) is 3.61. The fourth-order valence-electron chi connectivity index (χ4n) is 2.34. The lowest BCUT2D eigenvalue weighted by Gasteiger charge is -2.15. The molecule has 29 heavy (non-hydrogen) atoms. The molecule has 0 saturated heterocycles. The lowest BCUT2D eigenvalue weighted by molar-refractivity contribution is -0.139. The zero-order chi connectivity index (χ0) is 20.8. The molecule has 0 atom stereocenters. The van der Waals surface area contributed by atoms with E-state index >= 15 is 0 Å². The molecule has 0 aliphatic rings. The molecule has 0 fully saturated rings. The van der Waals surface area contributed by atoms with Crippen LogP contribution in [0.25, 0.3) is 17.7 Å². The summed E-state index contributed by atoms with van der Waals surface area (Å²) in [6, 6.07) is 6.76.